The molecule has 1 rings (SSSR count). The molecule has 1 aromatic rings. The lowest BCUT2D eigenvalue weighted by molar-refractivity contribution is 0.240. The van der Waals surface area contributed by atoms with E-state index < -0.39 is 17.0 Å². The van der Waals surface area contributed by atoms with Crippen LogP contribution < -0.4 is 10.6 Å². The average Bonchev–Trinajstić information content (AvgIpc) is 2.29. The van der Waals surface area contributed by atoms with Gasteiger partial charge in [-0.1, -0.05) is 19.9 Å². The fourth-order valence-electron chi connectivity index (χ4n) is 1.41. The molecule has 0 spiro atoms. The number of hydrogen-bond acceptors (Lipinski definition) is 1. The summed E-state index contributed by atoms with van der Waals surface area (Å²) in [5, 5.41) is 5.06. The number of carbonyl (C=O) groups is 1. The molecule has 0 bridgehead atoms. The van der Waals surface area contributed by atoms with Crippen molar-refractivity contribution < 1.29 is 13.6 Å². The van der Waals surface area contributed by atoms with E-state index in [0.29, 0.717) is 12.1 Å². The maximum absolute atomic E-state index is 13.1. The fourth-order valence-corrected chi connectivity index (χ4v) is 1.41. The molecule has 3 nitrogen and oxygen atoms in total. The first-order chi connectivity index (χ1) is 7.86. The van der Waals surface area contributed by atoms with Gasteiger partial charge in [0.2, 0.25) is 0 Å². The second-order valence-electron chi connectivity index (χ2n) is 4.45. The molecule has 2 N–H and O–H groups in total. The lowest BCUT2D eigenvalue weighted by Crippen LogP contribution is -2.41. The smallest absolute Gasteiger partial charge is 0.314 e. The number of urea groups is 1. The minimum atomic E-state index is -0.879. The van der Waals surface area contributed by atoms with Crippen molar-refractivity contribution in [1.82, 2.24) is 10.6 Å². The van der Waals surface area contributed by atoms with E-state index in [1.807, 2.05) is 13.8 Å². The van der Waals surface area contributed by atoms with Crippen LogP contribution in [0.2, 0.25) is 0 Å². The third-order valence-corrected chi connectivity index (χ3v) is 2.62. The lowest BCUT2D eigenvalue weighted by Gasteiger charge is -2.25. The summed E-state index contributed by atoms with van der Waals surface area (Å²) in [6, 6.07) is 3.46. The van der Waals surface area contributed by atoms with Crippen molar-refractivity contribution in [1.29, 1.82) is 0 Å². The Labute approximate surface area is 99.2 Å². The molecule has 94 valence electrons. The molecule has 2 amide bonds. The number of hydrogen-bond donors (Lipinski definition) is 2. The van der Waals surface area contributed by atoms with Crippen molar-refractivity contribution in [3.63, 3.8) is 0 Å². The zero-order valence-corrected chi connectivity index (χ0v) is 10.1. The van der Waals surface area contributed by atoms with Crippen LogP contribution in [0.3, 0.4) is 0 Å². The highest BCUT2D eigenvalue weighted by Gasteiger charge is 2.22. The van der Waals surface area contributed by atoms with Gasteiger partial charge in [-0.05, 0) is 17.7 Å². The highest BCUT2D eigenvalue weighted by Crippen LogP contribution is 2.23. The number of rotatable bonds is 3. The molecular weight excluding hydrogens is 226 g/mol. The topological polar surface area (TPSA) is 41.1 Å². The monoisotopic (exact) mass is 242 g/mol. The first-order valence-electron chi connectivity index (χ1n) is 5.28. The molecule has 0 aliphatic rings. The highest BCUT2D eigenvalue weighted by molar-refractivity contribution is 5.73. The Bertz CT molecular complexity index is 419. The zero-order chi connectivity index (χ0) is 13.1. The third-order valence-electron chi connectivity index (χ3n) is 2.62. The van der Waals surface area contributed by atoms with E-state index in [0.717, 1.165) is 12.1 Å². The van der Waals surface area contributed by atoms with Crippen LogP contribution in [0.4, 0.5) is 13.6 Å². The van der Waals surface area contributed by atoms with E-state index in [4.69, 9.17) is 0 Å². The molecule has 0 unspecified atom stereocenters. The van der Waals surface area contributed by atoms with Crippen molar-refractivity contribution in [2.24, 2.45) is 0 Å². The fraction of sp³-hybridized carbons (Fsp3) is 0.417. The van der Waals surface area contributed by atoms with Crippen LogP contribution in [-0.4, -0.2) is 19.6 Å². The molecule has 0 saturated carbocycles. The van der Waals surface area contributed by atoms with Gasteiger partial charge in [0.05, 0.1) is 0 Å². The molecule has 17 heavy (non-hydrogen) atoms. The highest BCUT2D eigenvalue weighted by atomic mass is 19.2. The summed E-state index contributed by atoms with van der Waals surface area (Å²) in [5.74, 6) is -1.75. The summed E-state index contributed by atoms with van der Waals surface area (Å²) in [6.45, 7) is 4.02. The molecule has 0 radical (unpaired) electrons. The SMILES string of the molecule is CNC(=O)NCC(C)(C)c1ccc(F)c(F)c1. The Balaban J connectivity index is 2.81. The van der Waals surface area contributed by atoms with Gasteiger partial charge in [-0.15, -0.1) is 0 Å². The van der Waals surface area contributed by atoms with E-state index in [1.165, 1.54) is 13.1 Å². The number of carbonyl (C=O) groups excluding carboxylic acids is 1. The number of nitrogens with one attached hydrogen (secondary N) is 2. The van der Waals surface area contributed by atoms with Gasteiger partial charge in [0.25, 0.3) is 0 Å². The van der Waals surface area contributed by atoms with Crippen LogP contribution in [0.25, 0.3) is 0 Å². The minimum Gasteiger partial charge on any atom is -0.341 e. The molecule has 0 aliphatic carbocycles. The van der Waals surface area contributed by atoms with Gasteiger partial charge in [-0.2, -0.15) is 0 Å². The molecule has 1 aromatic carbocycles. The van der Waals surface area contributed by atoms with Crippen molar-refractivity contribution in [2.45, 2.75) is 19.3 Å². The lowest BCUT2D eigenvalue weighted by atomic mass is 9.84. The van der Waals surface area contributed by atoms with Gasteiger partial charge in [-0.3, -0.25) is 0 Å². The van der Waals surface area contributed by atoms with Gasteiger partial charge >= 0.3 is 6.03 Å². The Hall–Kier alpha value is -1.65. The number of halogens is 2. The average molecular weight is 242 g/mol. The summed E-state index contributed by atoms with van der Waals surface area (Å²) in [7, 11) is 1.51. The van der Waals surface area contributed by atoms with Crippen LogP contribution >= 0.6 is 0 Å². The first-order valence-corrected chi connectivity index (χ1v) is 5.28. The summed E-state index contributed by atoms with van der Waals surface area (Å²) in [5.41, 5.74) is 0.161. The Morgan fingerprint density at radius 3 is 2.47 bits per heavy atom. The minimum absolute atomic E-state index is 0.305. The Morgan fingerprint density at radius 1 is 1.29 bits per heavy atom. The number of benzene rings is 1. The molecule has 0 fully saturated rings. The first kappa shape index (κ1) is 13.4. The number of amides is 2. The van der Waals surface area contributed by atoms with Crippen molar-refractivity contribution in [2.75, 3.05) is 13.6 Å². The predicted octanol–water partition coefficient (Wildman–Crippen LogP) is 2.17. The van der Waals surface area contributed by atoms with Crippen molar-refractivity contribution in [3.8, 4) is 0 Å². The molecule has 0 aromatic heterocycles. The van der Waals surface area contributed by atoms with Crippen LogP contribution in [0, 0.1) is 11.6 Å². The maximum atomic E-state index is 13.1. The molecule has 0 saturated heterocycles. The van der Waals surface area contributed by atoms with E-state index in [9.17, 15) is 13.6 Å². The second-order valence-corrected chi connectivity index (χ2v) is 4.45. The van der Waals surface area contributed by atoms with Crippen LogP contribution in [-0.2, 0) is 5.41 Å². The molecule has 0 aliphatic heterocycles. The van der Waals surface area contributed by atoms with Gasteiger partial charge in [-0.25, -0.2) is 13.6 Å². The Morgan fingerprint density at radius 2 is 1.94 bits per heavy atom. The maximum Gasteiger partial charge on any atom is 0.314 e. The standard InChI is InChI=1S/C12H16F2N2O/c1-12(2,7-16-11(17)15-3)8-4-5-9(13)10(14)6-8/h4-6H,7H2,1-3H3,(H2,15,16,17). The van der Waals surface area contributed by atoms with Crippen LogP contribution in [0.15, 0.2) is 18.2 Å². The van der Waals surface area contributed by atoms with Gasteiger partial charge in [0, 0.05) is 19.0 Å². The normalized spacial score (nSPS) is 11.1. The van der Waals surface area contributed by atoms with Crippen molar-refractivity contribution in [3.05, 3.63) is 35.4 Å². The predicted molar refractivity (Wildman–Crippen MR) is 61.8 cm³/mol. The largest absolute Gasteiger partial charge is 0.341 e. The third kappa shape index (κ3) is 3.41. The second kappa shape index (κ2) is 5.12. The summed E-state index contributed by atoms with van der Waals surface area (Å²) in [4.78, 5) is 11.1. The van der Waals surface area contributed by atoms with Gasteiger partial charge < -0.3 is 10.6 Å². The Kier molecular flexibility index (Phi) is 4.04. The summed E-state index contributed by atoms with van der Waals surface area (Å²) < 4.78 is 25.9. The van der Waals surface area contributed by atoms with E-state index in [-0.39, 0.29) is 6.03 Å². The van der Waals surface area contributed by atoms with Crippen LogP contribution in [0.5, 0.6) is 0 Å². The molecular formula is C12H16F2N2O. The molecule has 0 atom stereocenters. The van der Waals surface area contributed by atoms with E-state index >= 15 is 0 Å². The summed E-state index contributed by atoms with van der Waals surface area (Å²) >= 11 is 0. The van der Waals surface area contributed by atoms with E-state index in [1.54, 1.807) is 0 Å². The van der Waals surface area contributed by atoms with E-state index in [2.05, 4.69) is 10.6 Å². The van der Waals surface area contributed by atoms with Crippen molar-refractivity contribution >= 4 is 6.03 Å². The van der Waals surface area contributed by atoms with Gasteiger partial charge in [0.15, 0.2) is 11.6 Å². The quantitative estimate of drug-likeness (QED) is 0.838. The van der Waals surface area contributed by atoms with Crippen LogP contribution in [0.1, 0.15) is 19.4 Å². The van der Waals surface area contributed by atoms with Gasteiger partial charge in [0.1, 0.15) is 0 Å². The molecule has 5 heteroatoms. The zero-order valence-electron chi connectivity index (χ0n) is 10.1. The molecule has 0 heterocycles. The summed E-state index contributed by atoms with van der Waals surface area (Å²) in [6.07, 6.45) is 0.